The van der Waals surface area contributed by atoms with E-state index in [0.29, 0.717) is 6.54 Å². The molecule has 3 nitrogen and oxygen atoms in total. The third-order valence-corrected chi connectivity index (χ3v) is 2.93. The lowest BCUT2D eigenvalue weighted by atomic mass is 10.2. The quantitative estimate of drug-likeness (QED) is 0.819. The maximum atomic E-state index is 13.5. The van der Waals surface area contributed by atoms with E-state index in [1.165, 1.54) is 0 Å². The summed E-state index contributed by atoms with van der Waals surface area (Å²) in [5.74, 6) is -1.45. The Bertz CT molecular complexity index is 440. The van der Waals surface area contributed by atoms with E-state index in [-0.39, 0.29) is 16.1 Å². The summed E-state index contributed by atoms with van der Waals surface area (Å²) in [6.45, 7) is 4.08. The number of nitrogens with one attached hydrogen (secondary N) is 2. The summed E-state index contributed by atoms with van der Waals surface area (Å²) in [5.41, 5.74) is -0.0325. The fourth-order valence-electron chi connectivity index (χ4n) is 1.33. The molecule has 0 aliphatic rings. The van der Waals surface area contributed by atoms with Gasteiger partial charge in [0.25, 0.3) is 0 Å². The predicted molar refractivity (Wildman–Crippen MR) is 70.4 cm³/mol. The Labute approximate surface area is 113 Å². The van der Waals surface area contributed by atoms with Gasteiger partial charge < -0.3 is 10.6 Å². The molecular weight excluding hydrogens is 306 g/mol. The first kappa shape index (κ1) is 14.9. The minimum atomic E-state index is -0.633. The van der Waals surface area contributed by atoms with Crippen LogP contribution in [0, 0.1) is 11.6 Å². The number of carbonyl (C=O) groups excluding carboxylic acids is 1. The van der Waals surface area contributed by atoms with Crippen molar-refractivity contribution in [1.82, 2.24) is 5.32 Å². The minimum absolute atomic E-state index is 0.0325. The molecule has 0 heterocycles. The Morgan fingerprint density at radius 1 is 1.39 bits per heavy atom. The van der Waals surface area contributed by atoms with Crippen LogP contribution in [0.15, 0.2) is 16.6 Å². The van der Waals surface area contributed by atoms with Crippen molar-refractivity contribution in [2.45, 2.75) is 26.3 Å². The van der Waals surface area contributed by atoms with Crippen molar-refractivity contribution in [2.75, 3.05) is 11.9 Å². The highest BCUT2D eigenvalue weighted by molar-refractivity contribution is 9.10. The maximum Gasteiger partial charge on any atom is 0.242 e. The van der Waals surface area contributed by atoms with Gasteiger partial charge >= 0.3 is 0 Å². The molecule has 1 atom stereocenters. The molecule has 0 bridgehead atoms. The Morgan fingerprint density at radius 2 is 2.06 bits per heavy atom. The van der Waals surface area contributed by atoms with Crippen molar-refractivity contribution >= 4 is 27.5 Å². The number of carbonyl (C=O) groups is 1. The zero-order chi connectivity index (χ0) is 13.7. The molecule has 0 fully saturated rings. The number of anilines is 1. The van der Waals surface area contributed by atoms with Gasteiger partial charge in [-0.15, -0.1) is 0 Å². The highest BCUT2D eigenvalue weighted by atomic mass is 79.9. The highest BCUT2D eigenvalue weighted by Crippen LogP contribution is 2.23. The third kappa shape index (κ3) is 3.94. The van der Waals surface area contributed by atoms with E-state index in [1.54, 1.807) is 6.92 Å². The first-order chi connectivity index (χ1) is 8.45. The topological polar surface area (TPSA) is 41.1 Å². The molecule has 0 saturated heterocycles. The standard InChI is InChI=1S/C12H15BrF2N2O/c1-3-4-16-12(18)7(2)17-11-6-9(14)8(13)5-10(11)15/h5-7,17H,3-4H2,1-2H3,(H,16,18). The van der Waals surface area contributed by atoms with Crippen LogP contribution in [0.25, 0.3) is 0 Å². The summed E-state index contributed by atoms with van der Waals surface area (Å²) in [7, 11) is 0. The summed E-state index contributed by atoms with van der Waals surface area (Å²) in [6.07, 6.45) is 0.819. The van der Waals surface area contributed by atoms with E-state index in [9.17, 15) is 13.6 Å². The average Bonchev–Trinajstić information content (AvgIpc) is 2.32. The van der Waals surface area contributed by atoms with Crippen LogP contribution >= 0.6 is 15.9 Å². The fourth-order valence-corrected chi connectivity index (χ4v) is 1.65. The molecule has 1 rings (SSSR count). The largest absolute Gasteiger partial charge is 0.371 e. The number of amides is 1. The van der Waals surface area contributed by atoms with Crippen LogP contribution in [0.5, 0.6) is 0 Å². The van der Waals surface area contributed by atoms with Crippen LogP contribution in [-0.2, 0) is 4.79 Å². The van der Waals surface area contributed by atoms with Gasteiger partial charge in [-0.25, -0.2) is 8.78 Å². The molecule has 2 N–H and O–H groups in total. The summed E-state index contributed by atoms with van der Waals surface area (Å²) < 4.78 is 26.8. The fraction of sp³-hybridized carbons (Fsp3) is 0.417. The summed E-state index contributed by atoms with van der Waals surface area (Å²) in [6, 6.07) is 1.41. The lowest BCUT2D eigenvalue weighted by Gasteiger charge is -2.15. The second-order valence-corrected chi connectivity index (χ2v) is 4.76. The van der Waals surface area contributed by atoms with Gasteiger partial charge in [0.05, 0.1) is 10.2 Å². The normalized spacial score (nSPS) is 12.1. The minimum Gasteiger partial charge on any atom is -0.371 e. The molecule has 0 aliphatic carbocycles. The van der Waals surface area contributed by atoms with Gasteiger partial charge in [-0.05, 0) is 35.3 Å². The molecule has 1 aromatic rings. The first-order valence-corrected chi connectivity index (χ1v) is 6.43. The molecule has 0 aliphatic heterocycles. The number of hydrogen-bond donors (Lipinski definition) is 2. The molecule has 100 valence electrons. The molecule has 0 spiro atoms. The van der Waals surface area contributed by atoms with Crippen LogP contribution < -0.4 is 10.6 Å². The molecule has 0 radical (unpaired) electrons. The molecule has 18 heavy (non-hydrogen) atoms. The van der Waals surface area contributed by atoms with Crippen LogP contribution in [-0.4, -0.2) is 18.5 Å². The van der Waals surface area contributed by atoms with Crippen molar-refractivity contribution in [3.05, 3.63) is 28.2 Å². The molecule has 1 aromatic carbocycles. The molecule has 0 aromatic heterocycles. The van der Waals surface area contributed by atoms with E-state index in [0.717, 1.165) is 18.6 Å². The first-order valence-electron chi connectivity index (χ1n) is 5.64. The number of halogens is 3. The Balaban J connectivity index is 2.72. The van der Waals surface area contributed by atoms with Gasteiger partial charge in [0.15, 0.2) is 0 Å². The second-order valence-electron chi connectivity index (χ2n) is 3.90. The Kier molecular flexibility index (Phi) is 5.53. The predicted octanol–water partition coefficient (Wildman–Crippen LogP) is 3.05. The van der Waals surface area contributed by atoms with Crippen molar-refractivity contribution in [1.29, 1.82) is 0 Å². The molecule has 1 amide bonds. The van der Waals surface area contributed by atoms with E-state index in [2.05, 4.69) is 26.6 Å². The van der Waals surface area contributed by atoms with Crippen LogP contribution in [0.3, 0.4) is 0 Å². The zero-order valence-corrected chi connectivity index (χ0v) is 11.8. The van der Waals surface area contributed by atoms with Crippen molar-refractivity contribution in [3.63, 3.8) is 0 Å². The van der Waals surface area contributed by atoms with Gasteiger partial charge in [0.1, 0.15) is 17.7 Å². The summed E-state index contributed by atoms with van der Waals surface area (Å²) in [4.78, 5) is 11.6. The van der Waals surface area contributed by atoms with Crippen molar-refractivity contribution < 1.29 is 13.6 Å². The lowest BCUT2D eigenvalue weighted by Crippen LogP contribution is -2.38. The maximum absolute atomic E-state index is 13.5. The number of benzene rings is 1. The molecule has 6 heteroatoms. The van der Waals surface area contributed by atoms with E-state index in [1.807, 2.05) is 6.92 Å². The summed E-state index contributed by atoms with van der Waals surface area (Å²) >= 11 is 2.89. The van der Waals surface area contributed by atoms with Gasteiger partial charge in [-0.3, -0.25) is 4.79 Å². The van der Waals surface area contributed by atoms with Gasteiger partial charge in [-0.1, -0.05) is 6.92 Å². The van der Waals surface area contributed by atoms with Crippen molar-refractivity contribution in [2.24, 2.45) is 0 Å². The molecule has 1 unspecified atom stereocenters. The van der Waals surface area contributed by atoms with Crippen LogP contribution in [0.4, 0.5) is 14.5 Å². The SMILES string of the molecule is CCCNC(=O)C(C)Nc1cc(F)c(Br)cc1F. The smallest absolute Gasteiger partial charge is 0.242 e. The van der Waals surface area contributed by atoms with Crippen molar-refractivity contribution in [3.8, 4) is 0 Å². The Hall–Kier alpha value is -1.17. The van der Waals surface area contributed by atoms with Crippen LogP contribution in [0.1, 0.15) is 20.3 Å². The van der Waals surface area contributed by atoms with Gasteiger partial charge in [0, 0.05) is 12.6 Å². The van der Waals surface area contributed by atoms with Gasteiger partial charge in [0.2, 0.25) is 5.91 Å². The number of hydrogen-bond acceptors (Lipinski definition) is 2. The van der Waals surface area contributed by atoms with E-state index < -0.39 is 17.7 Å². The Morgan fingerprint density at radius 3 is 2.67 bits per heavy atom. The molecular formula is C12H15BrF2N2O. The second kappa shape index (κ2) is 6.68. The van der Waals surface area contributed by atoms with E-state index >= 15 is 0 Å². The van der Waals surface area contributed by atoms with E-state index in [4.69, 9.17) is 0 Å². The average molecular weight is 321 g/mol. The van der Waals surface area contributed by atoms with Crippen LogP contribution in [0.2, 0.25) is 0 Å². The molecule has 0 saturated carbocycles. The highest BCUT2D eigenvalue weighted by Gasteiger charge is 2.15. The monoisotopic (exact) mass is 320 g/mol. The zero-order valence-electron chi connectivity index (χ0n) is 10.2. The lowest BCUT2D eigenvalue weighted by molar-refractivity contribution is -0.121. The summed E-state index contributed by atoms with van der Waals surface area (Å²) in [5, 5.41) is 5.31. The third-order valence-electron chi connectivity index (χ3n) is 2.32. The van der Waals surface area contributed by atoms with Gasteiger partial charge in [-0.2, -0.15) is 0 Å². The number of rotatable bonds is 5.